The number of hydrogen-bond donors (Lipinski definition) is 1. The number of benzene rings is 1. The first-order valence-corrected chi connectivity index (χ1v) is 6.02. The largest absolute Gasteiger partial charge is 0.493 e. The lowest BCUT2D eigenvalue weighted by Gasteiger charge is -2.13. The van der Waals surface area contributed by atoms with Gasteiger partial charge in [-0.15, -0.1) is 0 Å². The predicted octanol–water partition coefficient (Wildman–Crippen LogP) is 2.04. The van der Waals surface area contributed by atoms with E-state index in [1.54, 1.807) is 0 Å². The molecule has 1 unspecified atom stereocenters. The molecule has 17 heavy (non-hydrogen) atoms. The summed E-state index contributed by atoms with van der Waals surface area (Å²) in [5.41, 5.74) is 0. The van der Waals surface area contributed by atoms with E-state index >= 15 is 0 Å². The Labute approximate surface area is 102 Å². The van der Waals surface area contributed by atoms with Crippen molar-refractivity contribution < 1.29 is 14.2 Å². The lowest BCUT2D eigenvalue weighted by atomic mass is 10.2. The van der Waals surface area contributed by atoms with Gasteiger partial charge in [0.25, 0.3) is 0 Å². The van der Waals surface area contributed by atoms with Crippen LogP contribution in [0.3, 0.4) is 0 Å². The van der Waals surface area contributed by atoms with Crippen LogP contribution >= 0.6 is 0 Å². The van der Waals surface area contributed by atoms with Crippen molar-refractivity contribution in [2.75, 3.05) is 26.5 Å². The maximum Gasteiger partial charge on any atom is 0.231 e. The topological polar surface area (TPSA) is 39.7 Å². The molecule has 0 spiro atoms. The van der Waals surface area contributed by atoms with Crippen molar-refractivity contribution in [3.05, 3.63) is 18.2 Å². The van der Waals surface area contributed by atoms with Crippen molar-refractivity contribution in [1.29, 1.82) is 0 Å². The first-order valence-electron chi connectivity index (χ1n) is 6.02. The Morgan fingerprint density at radius 1 is 1.35 bits per heavy atom. The van der Waals surface area contributed by atoms with E-state index in [9.17, 15) is 0 Å². The van der Waals surface area contributed by atoms with E-state index in [0.717, 1.165) is 30.3 Å². The maximum atomic E-state index is 5.71. The van der Waals surface area contributed by atoms with Gasteiger partial charge in [-0.25, -0.2) is 0 Å². The molecule has 1 aliphatic heterocycles. The van der Waals surface area contributed by atoms with Gasteiger partial charge in [0.2, 0.25) is 6.79 Å². The molecule has 4 heteroatoms. The van der Waals surface area contributed by atoms with E-state index in [1.807, 2.05) is 18.2 Å². The Morgan fingerprint density at radius 3 is 3.00 bits per heavy atom. The quantitative estimate of drug-likeness (QED) is 0.822. The molecule has 94 valence electrons. The number of ether oxygens (including phenoxy) is 3. The molecule has 1 aliphatic rings. The summed E-state index contributed by atoms with van der Waals surface area (Å²) in [6.45, 7) is 7.23. The fourth-order valence-electron chi connectivity index (χ4n) is 1.65. The summed E-state index contributed by atoms with van der Waals surface area (Å²) in [6, 6.07) is 5.67. The van der Waals surface area contributed by atoms with Crippen LogP contribution in [-0.4, -0.2) is 26.5 Å². The molecule has 1 heterocycles. The second-order valence-corrected chi connectivity index (χ2v) is 4.24. The minimum absolute atomic E-state index is 0.301. The average Bonchev–Trinajstić information content (AvgIpc) is 2.81. The highest BCUT2D eigenvalue weighted by molar-refractivity contribution is 5.46. The molecule has 0 fully saturated rings. The average molecular weight is 237 g/mol. The maximum absolute atomic E-state index is 5.71. The van der Waals surface area contributed by atoms with Gasteiger partial charge in [0.1, 0.15) is 5.75 Å². The van der Waals surface area contributed by atoms with Gasteiger partial charge in [0.05, 0.1) is 6.61 Å². The highest BCUT2D eigenvalue weighted by Crippen LogP contribution is 2.35. The van der Waals surface area contributed by atoms with E-state index in [4.69, 9.17) is 14.2 Å². The molecule has 0 bridgehead atoms. The SMILES string of the molecule is CCNCC(C)COc1ccc2c(c1)OCO2. The molecular formula is C13H19NO3. The highest BCUT2D eigenvalue weighted by Gasteiger charge is 2.13. The van der Waals surface area contributed by atoms with Crippen LogP contribution < -0.4 is 19.5 Å². The third-order valence-electron chi connectivity index (χ3n) is 2.62. The van der Waals surface area contributed by atoms with Gasteiger partial charge in [-0.1, -0.05) is 13.8 Å². The summed E-state index contributed by atoms with van der Waals surface area (Å²) in [7, 11) is 0. The molecule has 0 saturated heterocycles. The van der Waals surface area contributed by atoms with Crippen LogP contribution in [0.15, 0.2) is 18.2 Å². The van der Waals surface area contributed by atoms with E-state index in [0.29, 0.717) is 19.3 Å². The third-order valence-corrected chi connectivity index (χ3v) is 2.62. The van der Waals surface area contributed by atoms with Crippen LogP contribution in [0.25, 0.3) is 0 Å². The van der Waals surface area contributed by atoms with Crippen molar-refractivity contribution in [2.24, 2.45) is 5.92 Å². The van der Waals surface area contributed by atoms with Crippen LogP contribution in [-0.2, 0) is 0 Å². The molecule has 0 radical (unpaired) electrons. The normalized spacial score (nSPS) is 14.7. The second-order valence-electron chi connectivity index (χ2n) is 4.24. The fraction of sp³-hybridized carbons (Fsp3) is 0.538. The number of fused-ring (bicyclic) bond motifs is 1. The number of hydrogen-bond acceptors (Lipinski definition) is 4. The van der Waals surface area contributed by atoms with Crippen molar-refractivity contribution in [3.63, 3.8) is 0 Å². The minimum atomic E-state index is 0.301. The molecular weight excluding hydrogens is 218 g/mol. The predicted molar refractivity (Wildman–Crippen MR) is 65.8 cm³/mol. The third kappa shape index (κ3) is 3.27. The van der Waals surface area contributed by atoms with Gasteiger partial charge in [-0.05, 0) is 18.7 Å². The zero-order valence-corrected chi connectivity index (χ0v) is 10.4. The van der Waals surface area contributed by atoms with Crippen LogP contribution in [0.2, 0.25) is 0 Å². The monoisotopic (exact) mass is 237 g/mol. The van der Waals surface area contributed by atoms with E-state index in [-0.39, 0.29) is 0 Å². The van der Waals surface area contributed by atoms with Gasteiger partial charge >= 0.3 is 0 Å². The molecule has 1 N–H and O–H groups in total. The van der Waals surface area contributed by atoms with Crippen LogP contribution in [0.4, 0.5) is 0 Å². The summed E-state index contributed by atoms with van der Waals surface area (Å²) >= 11 is 0. The van der Waals surface area contributed by atoms with Crippen LogP contribution in [0.1, 0.15) is 13.8 Å². The van der Waals surface area contributed by atoms with E-state index in [2.05, 4.69) is 19.2 Å². The van der Waals surface area contributed by atoms with E-state index < -0.39 is 0 Å². The molecule has 1 aromatic rings. The number of rotatable bonds is 6. The lowest BCUT2D eigenvalue weighted by Crippen LogP contribution is -2.24. The molecule has 1 atom stereocenters. The molecule has 1 aromatic carbocycles. The lowest BCUT2D eigenvalue weighted by molar-refractivity contribution is 0.173. The van der Waals surface area contributed by atoms with E-state index in [1.165, 1.54) is 0 Å². The fourth-order valence-corrected chi connectivity index (χ4v) is 1.65. The van der Waals surface area contributed by atoms with Crippen molar-refractivity contribution in [3.8, 4) is 17.2 Å². The van der Waals surface area contributed by atoms with Gasteiger partial charge in [-0.3, -0.25) is 0 Å². The Bertz CT molecular complexity index is 368. The standard InChI is InChI=1S/C13H19NO3/c1-3-14-7-10(2)8-15-11-4-5-12-13(6-11)17-9-16-12/h4-6,10,14H,3,7-9H2,1-2H3. The van der Waals surface area contributed by atoms with Crippen LogP contribution in [0.5, 0.6) is 17.2 Å². The summed E-state index contributed by atoms with van der Waals surface area (Å²) in [4.78, 5) is 0. The molecule has 0 aliphatic carbocycles. The minimum Gasteiger partial charge on any atom is -0.493 e. The first kappa shape index (κ1) is 12.0. The van der Waals surface area contributed by atoms with Crippen molar-refractivity contribution >= 4 is 0 Å². The van der Waals surface area contributed by atoms with Gasteiger partial charge in [-0.2, -0.15) is 0 Å². The zero-order chi connectivity index (χ0) is 12.1. The molecule has 0 aromatic heterocycles. The Hall–Kier alpha value is -1.42. The Kier molecular flexibility index (Phi) is 4.09. The smallest absolute Gasteiger partial charge is 0.231 e. The summed E-state index contributed by atoms with van der Waals surface area (Å²) in [5, 5.41) is 3.30. The van der Waals surface area contributed by atoms with Crippen molar-refractivity contribution in [2.45, 2.75) is 13.8 Å². The van der Waals surface area contributed by atoms with Crippen LogP contribution in [0, 0.1) is 5.92 Å². The van der Waals surface area contributed by atoms with Crippen molar-refractivity contribution in [1.82, 2.24) is 5.32 Å². The van der Waals surface area contributed by atoms with Gasteiger partial charge in [0, 0.05) is 18.5 Å². The summed E-state index contributed by atoms with van der Waals surface area (Å²) in [5.74, 6) is 2.87. The van der Waals surface area contributed by atoms with Gasteiger partial charge in [0.15, 0.2) is 11.5 Å². The zero-order valence-electron chi connectivity index (χ0n) is 10.4. The summed E-state index contributed by atoms with van der Waals surface area (Å²) < 4.78 is 16.3. The molecule has 0 amide bonds. The Balaban J connectivity index is 1.83. The second kappa shape index (κ2) is 5.77. The number of nitrogens with one attached hydrogen (secondary N) is 1. The Morgan fingerprint density at radius 2 is 2.18 bits per heavy atom. The first-order chi connectivity index (χ1) is 8.29. The highest BCUT2D eigenvalue weighted by atomic mass is 16.7. The molecule has 4 nitrogen and oxygen atoms in total. The molecule has 0 saturated carbocycles. The summed E-state index contributed by atoms with van der Waals surface area (Å²) in [6.07, 6.45) is 0. The van der Waals surface area contributed by atoms with Gasteiger partial charge < -0.3 is 19.5 Å². The molecule has 2 rings (SSSR count).